The molecule has 0 aromatic heterocycles. The van der Waals surface area contributed by atoms with Gasteiger partial charge >= 0.3 is 29.8 Å². The summed E-state index contributed by atoms with van der Waals surface area (Å²) < 4.78 is 38.7. The molecule has 19 nitrogen and oxygen atoms in total. The number of carbonyl (C=O) groups is 5. The van der Waals surface area contributed by atoms with E-state index in [4.69, 9.17) is 45.0 Å². The van der Waals surface area contributed by atoms with Crippen LogP contribution < -0.4 is 25.7 Å². The number of ether oxygens (including phenoxy) is 7. The van der Waals surface area contributed by atoms with E-state index < -0.39 is 17.9 Å². The number of rotatable bonds is 36. The average molecular weight is 1390 g/mol. The number of benzene rings is 4. The van der Waals surface area contributed by atoms with Crippen molar-refractivity contribution in [2.75, 3.05) is 40.0 Å². The highest BCUT2D eigenvalue weighted by molar-refractivity contribution is 5.73. The molecule has 19 heteroatoms. The molecule has 15 atom stereocenters. The number of esters is 4. The largest absolute Gasteiger partial charge is 0.482 e. The molecule has 100 heavy (non-hydrogen) atoms. The first-order valence-electron chi connectivity index (χ1n) is 37.6. The fraction of sp³-hybridized carbons (Fsp3) is 0.642. The fourth-order valence-corrected chi connectivity index (χ4v) is 17.2. The summed E-state index contributed by atoms with van der Waals surface area (Å²) in [6.07, 6.45) is 23.2. The monoisotopic (exact) mass is 1390 g/mol. The Labute approximate surface area is 593 Å². The number of carbonyl (C=O) groups excluding carboxylic acids is 4. The minimum absolute atomic E-state index is 0.0811. The first kappa shape index (κ1) is 79.1. The van der Waals surface area contributed by atoms with Crippen molar-refractivity contribution in [1.82, 2.24) is 0 Å². The first-order chi connectivity index (χ1) is 48.4. The third-order valence-corrected chi connectivity index (χ3v) is 22.3. The number of unbranched alkanes of at least 4 members (excludes halogenated alkanes) is 6. The van der Waals surface area contributed by atoms with E-state index in [1.807, 2.05) is 66.7 Å². The van der Waals surface area contributed by atoms with Gasteiger partial charge in [0.1, 0.15) is 36.1 Å². The molecular weight excluding hydrogens is 1270 g/mol. The van der Waals surface area contributed by atoms with E-state index >= 15 is 0 Å². The van der Waals surface area contributed by atoms with Gasteiger partial charge in [0, 0.05) is 0 Å². The van der Waals surface area contributed by atoms with Crippen molar-refractivity contribution < 1.29 is 82.7 Å². The molecule has 3 saturated carbocycles. The normalized spacial score (nSPS) is 24.4. The first-order valence-corrected chi connectivity index (χ1v) is 37.6. The maximum absolute atomic E-state index is 12.2. The van der Waals surface area contributed by atoms with Crippen molar-refractivity contribution in [3.63, 3.8) is 0 Å². The highest BCUT2D eigenvalue weighted by Gasteiger charge is 2.49. The van der Waals surface area contributed by atoms with Gasteiger partial charge in [-0.3, -0.25) is 9.59 Å². The maximum Gasteiger partial charge on any atom is 0.344 e. The molecule has 4 aromatic carbocycles. The molecule has 0 spiro atoms. The second kappa shape index (κ2) is 40.9. The number of aliphatic hydroxyl groups excluding tert-OH is 4. The Morgan fingerprint density at radius 1 is 0.480 bits per heavy atom. The zero-order valence-electron chi connectivity index (χ0n) is 59.9. The van der Waals surface area contributed by atoms with Gasteiger partial charge in [0.2, 0.25) is 0 Å². The van der Waals surface area contributed by atoms with E-state index in [0.29, 0.717) is 41.8 Å². The molecule has 552 valence electrons. The molecule has 4 aromatic rings. The van der Waals surface area contributed by atoms with Crippen LogP contribution in [0.3, 0.4) is 0 Å². The summed E-state index contributed by atoms with van der Waals surface area (Å²) in [5.74, 6) is 2.45. The predicted molar refractivity (Wildman–Crippen MR) is 381 cm³/mol. The predicted octanol–water partition coefficient (Wildman–Crippen LogP) is 11.5. The van der Waals surface area contributed by atoms with E-state index in [9.17, 15) is 44.4 Å². The summed E-state index contributed by atoms with van der Waals surface area (Å²) in [6, 6.07) is 27.5. The quantitative estimate of drug-likeness (QED) is 0.0126. The van der Waals surface area contributed by atoms with Gasteiger partial charge < -0.3 is 70.2 Å². The number of carboxylic acids is 1. The van der Waals surface area contributed by atoms with Crippen LogP contribution in [-0.4, -0.2) is 132 Å². The van der Waals surface area contributed by atoms with E-state index in [1.54, 1.807) is 0 Å². The van der Waals surface area contributed by atoms with Crippen molar-refractivity contribution in [2.45, 2.75) is 237 Å². The molecule has 0 saturated heterocycles. The van der Waals surface area contributed by atoms with Crippen LogP contribution in [0.15, 0.2) is 84.9 Å². The fourth-order valence-electron chi connectivity index (χ4n) is 17.2. The van der Waals surface area contributed by atoms with Gasteiger partial charge in [0.05, 0.1) is 44.6 Å². The zero-order valence-corrected chi connectivity index (χ0v) is 59.9. The van der Waals surface area contributed by atoms with Crippen molar-refractivity contribution in [2.24, 2.45) is 64.7 Å². The number of hydrogen-bond donors (Lipinski definition) is 7. The van der Waals surface area contributed by atoms with Crippen LogP contribution in [0.25, 0.3) is 0 Å². The Morgan fingerprint density at radius 2 is 0.920 bits per heavy atom. The second-order valence-corrected chi connectivity index (χ2v) is 29.1. The molecule has 6 aliphatic rings. The van der Waals surface area contributed by atoms with Gasteiger partial charge in [-0.2, -0.15) is 0 Å². The van der Waals surface area contributed by atoms with Gasteiger partial charge in [-0.15, -0.1) is 0 Å². The summed E-state index contributed by atoms with van der Waals surface area (Å²) in [4.78, 5) is 58.7. The van der Waals surface area contributed by atoms with Crippen molar-refractivity contribution in [3.05, 3.63) is 124 Å². The Morgan fingerprint density at radius 3 is 1.38 bits per heavy atom. The number of aliphatic hydroxyl groups is 4. The summed E-state index contributed by atoms with van der Waals surface area (Å²) in [5.41, 5.74) is 19.0. The van der Waals surface area contributed by atoms with Crippen LogP contribution in [0.5, 0.6) is 17.2 Å². The summed E-state index contributed by atoms with van der Waals surface area (Å²) in [5, 5.41) is 51.3. The summed E-state index contributed by atoms with van der Waals surface area (Å²) >= 11 is 0. The van der Waals surface area contributed by atoms with E-state index in [0.717, 1.165) is 181 Å². The smallest absolute Gasteiger partial charge is 0.344 e. The molecule has 0 amide bonds. The zero-order chi connectivity index (χ0) is 71.5. The molecule has 6 aliphatic carbocycles. The number of hydrogen-bond acceptors (Lipinski definition) is 18. The van der Waals surface area contributed by atoms with Crippen LogP contribution in [-0.2, 0) is 88.1 Å². The van der Waals surface area contributed by atoms with Crippen molar-refractivity contribution in [1.29, 1.82) is 0 Å². The van der Waals surface area contributed by atoms with E-state index in [1.165, 1.54) is 43.1 Å². The highest BCUT2D eigenvalue weighted by atomic mass is 16.6. The van der Waals surface area contributed by atoms with Crippen molar-refractivity contribution >= 4 is 29.8 Å². The third-order valence-electron chi connectivity index (χ3n) is 22.3. The standard InChI is InChI=1S/C30H40O5.C27H40N2O7.C24H36O5/c1-2-3-5-12-24(31)14-15-25-26-16-22-11-8-13-29(27(22)17-23(26)18-28(25)32)34-20-30(33)35-19-21-9-6-4-7-10-21;1-2-3-4-7-19(35-26(32)14-28)9-10-20-21-11-17-6-5-8-23(34-16-25(30)31)22(17)12-18(21)13-24(20)36-27(33)15-29;1-3-4-5-8-18(25)10-11-19-20-12-16-7-6-9-23(29-15-24(27)28-2)21(16)13-17(20)14-22(19)26/h4,6-11,13,23-26,28,31-32H,2-3,5,12,14-20H2,1H3;5-6,8,18-21,24H,2-4,7,9-16,28-29H2,1H3,(H,30,31);6-7,9,17-20,22,25-26H,3-5,8,10-15H2,1-2H3/t23?,24-,25-,26?,28-;18?,19-,20-,21?,24-;17?,18-,19-,20?,22-/m111/s1. The lowest BCUT2D eigenvalue weighted by molar-refractivity contribution is -0.150. The minimum Gasteiger partial charge on any atom is -0.482 e. The number of aliphatic carboxylic acids is 1. The van der Waals surface area contributed by atoms with Crippen LogP contribution in [0.1, 0.15) is 195 Å². The molecule has 0 aliphatic heterocycles. The van der Waals surface area contributed by atoms with E-state index in [2.05, 4.69) is 43.7 Å². The highest BCUT2D eigenvalue weighted by Crippen LogP contribution is 2.52. The molecule has 9 N–H and O–H groups in total. The second-order valence-electron chi connectivity index (χ2n) is 29.1. The lowest BCUT2D eigenvalue weighted by Gasteiger charge is -2.33. The van der Waals surface area contributed by atoms with Crippen LogP contribution in [0.4, 0.5) is 0 Å². The Hall–Kier alpha value is -6.61. The Bertz CT molecular complexity index is 3180. The maximum atomic E-state index is 12.2. The summed E-state index contributed by atoms with van der Waals surface area (Å²) in [6.45, 7) is 5.84. The van der Waals surface area contributed by atoms with Gasteiger partial charge in [0.15, 0.2) is 19.8 Å². The molecule has 0 bridgehead atoms. The topological polar surface area (TPSA) is 303 Å². The number of nitrogens with two attached hydrogens (primary N) is 2. The number of methoxy groups -OCH3 is 1. The molecular formula is C81H116N2O17. The van der Waals surface area contributed by atoms with Gasteiger partial charge in [0.25, 0.3) is 0 Å². The molecule has 0 radical (unpaired) electrons. The van der Waals surface area contributed by atoms with Gasteiger partial charge in [-0.1, -0.05) is 139 Å². The summed E-state index contributed by atoms with van der Waals surface area (Å²) in [7, 11) is 1.36. The molecule has 10 rings (SSSR count). The molecule has 3 fully saturated rings. The molecule has 6 unspecified atom stereocenters. The Balaban J connectivity index is 0.000000192. The SMILES string of the molecule is CCCCC[C@@H](O)CC[C@@H]1C2Cc3cccc(OCC(=O)OC)c3CC2C[C@H]1O.CCCCC[C@@H](O)CC[C@@H]1C2Cc3cccc(OCC(=O)OCc4ccccc4)c3CC2C[C@H]1O.CCCCC[C@H](CC[C@@H]1C2Cc3cccc(OCC(=O)O)c3CC2C[C@H]1OC(=O)CN)OC(=O)CN. The minimum atomic E-state index is -1.01. The van der Waals surface area contributed by atoms with Crippen LogP contribution in [0.2, 0.25) is 0 Å². The van der Waals surface area contributed by atoms with Gasteiger partial charge in [-0.25, -0.2) is 14.4 Å². The van der Waals surface area contributed by atoms with Crippen LogP contribution >= 0.6 is 0 Å². The van der Waals surface area contributed by atoms with Crippen molar-refractivity contribution in [3.8, 4) is 17.2 Å². The average Bonchev–Trinajstić information content (AvgIpc) is 1.59. The number of carboxylic acid groups (broad SMARTS) is 1. The Kier molecular flexibility index (Phi) is 32.3. The van der Waals surface area contributed by atoms with Gasteiger partial charge in [-0.05, 0) is 232 Å². The van der Waals surface area contributed by atoms with Crippen LogP contribution in [0, 0.1) is 53.3 Å². The molecule has 0 heterocycles. The van der Waals surface area contributed by atoms with E-state index in [-0.39, 0.29) is 112 Å². The third kappa shape index (κ3) is 23.2. The number of fused-ring (bicyclic) bond motifs is 6. The lowest BCUT2D eigenvalue weighted by atomic mass is 9.73. The lowest BCUT2D eigenvalue weighted by Crippen LogP contribution is -2.32.